The zero-order valence-corrected chi connectivity index (χ0v) is 13.1. The maximum absolute atomic E-state index is 12.5. The van der Waals surface area contributed by atoms with E-state index in [4.69, 9.17) is 0 Å². The van der Waals surface area contributed by atoms with E-state index in [-0.39, 0.29) is 11.9 Å². The van der Waals surface area contributed by atoms with Crippen molar-refractivity contribution in [3.8, 4) is 5.69 Å². The molecule has 5 nitrogen and oxygen atoms in total. The van der Waals surface area contributed by atoms with Gasteiger partial charge in [-0.3, -0.25) is 9.78 Å². The van der Waals surface area contributed by atoms with Gasteiger partial charge in [-0.2, -0.15) is 5.10 Å². The lowest BCUT2D eigenvalue weighted by Crippen LogP contribution is -2.28. The Kier molecular flexibility index (Phi) is 4.19. The molecule has 1 aromatic carbocycles. The van der Waals surface area contributed by atoms with Crippen molar-refractivity contribution < 1.29 is 4.79 Å². The molecular formula is C18H18N4O. The summed E-state index contributed by atoms with van der Waals surface area (Å²) >= 11 is 0. The van der Waals surface area contributed by atoms with Gasteiger partial charge in [-0.05, 0) is 43.2 Å². The van der Waals surface area contributed by atoms with Gasteiger partial charge in [0.05, 0.1) is 11.7 Å². The first kappa shape index (κ1) is 15.0. The number of amides is 1. The normalized spacial score (nSPS) is 11.9. The number of aromatic nitrogens is 3. The summed E-state index contributed by atoms with van der Waals surface area (Å²) in [5, 5.41) is 7.29. The summed E-state index contributed by atoms with van der Waals surface area (Å²) in [4.78, 5) is 16.6. The van der Waals surface area contributed by atoms with E-state index < -0.39 is 0 Å². The number of hydrogen-bond donors (Lipinski definition) is 1. The molecule has 1 unspecified atom stereocenters. The first-order valence-electron chi connectivity index (χ1n) is 7.48. The Hall–Kier alpha value is -2.95. The number of carbonyl (C=O) groups is 1. The van der Waals surface area contributed by atoms with E-state index in [2.05, 4.69) is 15.4 Å². The molecule has 0 aliphatic carbocycles. The molecule has 0 aliphatic rings. The number of para-hydroxylation sites is 1. The van der Waals surface area contributed by atoms with Crippen LogP contribution in [-0.4, -0.2) is 20.7 Å². The topological polar surface area (TPSA) is 59.8 Å². The summed E-state index contributed by atoms with van der Waals surface area (Å²) in [5.74, 6) is -0.175. The standard InChI is InChI=1S/C18H18N4O/c1-13-7-5-10-19-17(13)18(23)21-14(2)15-8-3-4-9-16(15)22-12-6-11-20-22/h3-12,14H,1-2H3,(H,21,23). The number of hydrogen-bond acceptors (Lipinski definition) is 3. The largest absolute Gasteiger partial charge is 0.344 e. The summed E-state index contributed by atoms with van der Waals surface area (Å²) in [6.45, 7) is 3.84. The van der Waals surface area contributed by atoms with Crippen molar-refractivity contribution >= 4 is 5.91 Å². The fraction of sp³-hybridized carbons (Fsp3) is 0.167. The van der Waals surface area contributed by atoms with Crippen molar-refractivity contribution in [1.82, 2.24) is 20.1 Å². The zero-order chi connectivity index (χ0) is 16.2. The fourth-order valence-corrected chi connectivity index (χ4v) is 2.54. The van der Waals surface area contributed by atoms with Crippen molar-refractivity contribution in [1.29, 1.82) is 0 Å². The van der Waals surface area contributed by atoms with Gasteiger partial charge >= 0.3 is 0 Å². The van der Waals surface area contributed by atoms with Gasteiger partial charge in [-0.15, -0.1) is 0 Å². The maximum Gasteiger partial charge on any atom is 0.270 e. The van der Waals surface area contributed by atoms with Crippen LogP contribution in [-0.2, 0) is 0 Å². The lowest BCUT2D eigenvalue weighted by molar-refractivity contribution is 0.0934. The number of benzene rings is 1. The van der Waals surface area contributed by atoms with E-state index in [1.165, 1.54) is 0 Å². The second kappa shape index (κ2) is 6.44. The number of carbonyl (C=O) groups excluding carboxylic acids is 1. The van der Waals surface area contributed by atoms with Gasteiger partial charge in [0.2, 0.25) is 0 Å². The Morgan fingerprint density at radius 3 is 2.70 bits per heavy atom. The molecule has 0 radical (unpaired) electrons. The van der Waals surface area contributed by atoms with Crippen LogP contribution in [0.3, 0.4) is 0 Å². The third-order valence-electron chi connectivity index (χ3n) is 3.73. The van der Waals surface area contributed by atoms with E-state index in [1.807, 2.05) is 62.5 Å². The molecule has 0 saturated heterocycles. The highest BCUT2D eigenvalue weighted by Crippen LogP contribution is 2.21. The summed E-state index contributed by atoms with van der Waals surface area (Å²) in [5.41, 5.74) is 3.26. The Bertz CT molecular complexity index is 811. The Morgan fingerprint density at radius 1 is 1.13 bits per heavy atom. The summed E-state index contributed by atoms with van der Waals surface area (Å²) in [6, 6.07) is 13.3. The highest BCUT2D eigenvalue weighted by atomic mass is 16.1. The van der Waals surface area contributed by atoms with Gasteiger partial charge in [-0.25, -0.2) is 4.68 Å². The van der Waals surface area contributed by atoms with Crippen LogP contribution in [0.4, 0.5) is 0 Å². The van der Waals surface area contributed by atoms with E-state index in [0.29, 0.717) is 5.69 Å². The number of nitrogens with one attached hydrogen (secondary N) is 1. The molecule has 5 heteroatoms. The van der Waals surface area contributed by atoms with Crippen molar-refractivity contribution in [3.63, 3.8) is 0 Å². The number of rotatable bonds is 4. The molecule has 2 heterocycles. The van der Waals surface area contributed by atoms with Crippen LogP contribution in [0.1, 0.15) is 34.6 Å². The van der Waals surface area contributed by atoms with Crippen LogP contribution in [0.25, 0.3) is 5.69 Å². The molecule has 3 rings (SSSR count). The molecule has 0 aliphatic heterocycles. The molecule has 0 spiro atoms. The zero-order valence-electron chi connectivity index (χ0n) is 13.1. The number of aryl methyl sites for hydroxylation is 1. The van der Waals surface area contributed by atoms with E-state index in [1.54, 1.807) is 17.1 Å². The van der Waals surface area contributed by atoms with E-state index in [9.17, 15) is 4.79 Å². The predicted molar refractivity (Wildman–Crippen MR) is 88.4 cm³/mol. The Morgan fingerprint density at radius 2 is 1.96 bits per heavy atom. The van der Waals surface area contributed by atoms with Crippen LogP contribution < -0.4 is 5.32 Å². The molecule has 0 saturated carbocycles. The summed E-state index contributed by atoms with van der Waals surface area (Å²) < 4.78 is 1.80. The molecule has 0 bridgehead atoms. The summed E-state index contributed by atoms with van der Waals surface area (Å²) in [6.07, 6.45) is 5.25. The van der Waals surface area contributed by atoms with Crippen LogP contribution in [0.5, 0.6) is 0 Å². The van der Waals surface area contributed by atoms with Crippen molar-refractivity contribution in [2.45, 2.75) is 19.9 Å². The van der Waals surface area contributed by atoms with Crippen LogP contribution in [0.2, 0.25) is 0 Å². The lowest BCUT2D eigenvalue weighted by atomic mass is 10.1. The van der Waals surface area contributed by atoms with Gasteiger partial charge < -0.3 is 5.32 Å². The van der Waals surface area contributed by atoms with Crippen molar-refractivity contribution in [2.75, 3.05) is 0 Å². The molecule has 2 aromatic heterocycles. The third-order valence-corrected chi connectivity index (χ3v) is 3.73. The van der Waals surface area contributed by atoms with E-state index >= 15 is 0 Å². The minimum atomic E-state index is -0.175. The SMILES string of the molecule is Cc1cccnc1C(=O)NC(C)c1ccccc1-n1cccn1. The van der Waals surface area contributed by atoms with Gasteiger partial charge in [0, 0.05) is 18.6 Å². The Labute approximate surface area is 135 Å². The number of pyridine rings is 1. The first-order chi connectivity index (χ1) is 11.2. The molecule has 116 valence electrons. The molecule has 23 heavy (non-hydrogen) atoms. The summed E-state index contributed by atoms with van der Waals surface area (Å²) in [7, 11) is 0. The predicted octanol–water partition coefficient (Wildman–Crippen LogP) is 3.07. The highest BCUT2D eigenvalue weighted by molar-refractivity contribution is 5.93. The quantitative estimate of drug-likeness (QED) is 0.806. The molecular weight excluding hydrogens is 288 g/mol. The molecule has 1 N–H and O–H groups in total. The number of nitrogens with zero attached hydrogens (tertiary/aromatic N) is 3. The monoisotopic (exact) mass is 306 g/mol. The maximum atomic E-state index is 12.5. The van der Waals surface area contributed by atoms with Gasteiger partial charge in [0.25, 0.3) is 5.91 Å². The molecule has 0 fully saturated rings. The van der Waals surface area contributed by atoms with Gasteiger partial charge in [-0.1, -0.05) is 24.3 Å². The second-order valence-corrected chi connectivity index (χ2v) is 5.37. The smallest absolute Gasteiger partial charge is 0.270 e. The minimum absolute atomic E-state index is 0.163. The first-order valence-corrected chi connectivity index (χ1v) is 7.48. The Balaban J connectivity index is 1.86. The minimum Gasteiger partial charge on any atom is -0.344 e. The molecule has 1 amide bonds. The van der Waals surface area contributed by atoms with Crippen molar-refractivity contribution in [3.05, 3.63) is 77.9 Å². The third kappa shape index (κ3) is 3.13. The molecule has 1 atom stereocenters. The van der Waals surface area contributed by atoms with E-state index in [0.717, 1.165) is 16.8 Å². The average molecular weight is 306 g/mol. The fourth-order valence-electron chi connectivity index (χ4n) is 2.54. The van der Waals surface area contributed by atoms with Gasteiger partial charge in [0.15, 0.2) is 0 Å². The van der Waals surface area contributed by atoms with Gasteiger partial charge in [0.1, 0.15) is 5.69 Å². The van der Waals surface area contributed by atoms with Crippen LogP contribution in [0, 0.1) is 6.92 Å². The molecule has 3 aromatic rings. The lowest BCUT2D eigenvalue weighted by Gasteiger charge is -2.18. The van der Waals surface area contributed by atoms with Crippen LogP contribution >= 0.6 is 0 Å². The van der Waals surface area contributed by atoms with Crippen molar-refractivity contribution in [2.24, 2.45) is 0 Å². The average Bonchev–Trinajstić information content (AvgIpc) is 3.09. The second-order valence-electron chi connectivity index (χ2n) is 5.37. The highest BCUT2D eigenvalue weighted by Gasteiger charge is 2.17. The van der Waals surface area contributed by atoms with Crippen LogP contribution in [0.15, 0.2) is 61.1 Å².